The molecule has 132 valence electrons. The van der Waals surface area contributed by atoms with Gasteiger partial charge in [-0.1, -0.05) is 0 Å². The van der Waals surface area contributed by atoms with Crippen LogP contribution in [-0.2, 0) is 14.4 Å². The second kappa shape index (κ2) is 8.65. The molecule has 1 aromatic carbocycles. The fraction of sp³-hybridized carbons (Fsp3) is 0.400. The molecule has 4 N–H and O–H groups in total. The molecule has 0 bridgehead atoms. The second-order valence-electron chi connectivity index (χ2n) is 5.31. The number of hydrogen-bond acceptors (Lipinski definition) is 5. The van der Waals surface area contributed by atoms with Gasteiger partial charge in [-0.2, -0.15) is 0 Å². The van der Waals surface area contributed by atoms with Gasteiger partial charge in [0.05, 0.1) is 17.5 Å². The summed E-state index contributed by atoms with van der Waals surface area (Å²) in [6.07, 6.45) is 0. The van der Waals surface area contributed by atoms with Crippen LogP contribution in [0.1, 0.15) is 13.8 Å². The Morgan fingerprint density at radius 3 is 2.42 bits per heavy atom. The van der Waals surface area contributed by atoms with Crippen molar-refractivity contribution in [3.63, 3.8) is 0 Å². The van der Waals surface area contributed by atoms with Crippen LogP contribution in [0.5, 0.6) is 0 Å². The second-order valence-corrected chi connectivity index (χ2v) is 6.63. The topological polar surface area (TPSA) is 116 Å². The van der Waals surface area contributed by atoms with E-state index >= 15 is 0 Å². The van der Waals surface area contributed by atoms with E-state index in [0.29, 0.717) is 5.69 Å². The van der Waals surface area contributed by atoms with Crippen molar-refractivity contribution in [2.45, 2.75) is 24.7 Å². The van der Waals surface area contributed by atoms with Crippen molar-refractivity contribution in [2.75, 3.05) is 17.6 Å². The van der Waals surface area contributed by atoms with Gasteiger partial charge in [0.2, 0.25) is 11.8 Å². The van der Waals surface area contributed by atoms with Crippen LogP contribution < -0.4 is 10.6 Å². The van der Waals surface area contributed by atoms with Gasteiger partial charge in [0.15, 0.2) is 5.60 Å². The van der Waals surface area contributed by atoms with Gasteiger partial charge in [0, 0.05) is 5.69 Å². The minimum atomic E-state index is -2.06. The van der Waals surface area contributed by atoms with E-state index in [0.717, 1.165) is 18.7 Å². The highest BCUT2D eigenvalue weighted by Gasteiger charge is 2.31. The summed E-state index contributed by atoms with van der Waals surface area (Å²) in [6, 6.07) is 5.27. The van der Waals surface area contributed by atoms with Crippen LogP contribution in [0.25, 0.3) is 0 Å². The Balaban J connectivity index is 2.37. The highest BCUT2D eigenvalue weighted by atomic mass is 32.2. The van der Waals surface area contributed by atoms with Crippen molar-refractivity contribution in [3.05, 3.63) is 30.1 Å². The van der Waals surface area contributed by atoms with E-state index in [4.69, 9.17) is 5.11 Å². The first kappa shape index (κ1) is 19.9. The molecule has 2 atom stereocenters. The molecule has 0 aliphatic carbocycles. The standard InChI is InChI=1S/C15H19FN2O5S/c1-9(13(20)17-8-15(2,23)14(21)22)24-7-12(19)18-11-5-3-10(16)4-6-11/h3-6,9,23H,7-8H2,1-2H3,(H,17,20)(H,18,19)(H,21,22). The van der Waals surface area contributed by atoms with Crippen molar-refractivity contribution in [1.29, 1.82) is 0 Å². The molecule has 0 saturated carbocycles. The number of aliphatic carboxylic acids is 1. The third-order valence-corrected chi connectivity index (χ3v) is 4.17. The molecule has 2 amide bonds. The number of carboxylic acids is 1. The number of thioether (sulfide) groups is 1. The lowest BCUT2D eigenvalue weighted by molar-refractivity contribution is -0.156. The highest BCUT2D eigenvalue weighted by molar-refractivity contribution is 8.01. The predicted octanol–water partition coefficient (Wildman–Crippen LogP) is 0.838. The summed E-state index contributed by atoms with van der Waals surface area (Å²) in [7, 11) is 0. The van der Waals surface area contributed by atoms with E-state index < -0.39 is 35.1 Å². The number of hydrogen-bond donors (Lipinski definition) is 4. The maximum absolute atomic E-state index is 12.8. The fourth-order valence-corrected chi connectivity index (χ4v) is 2.19. The Bertz CT molecular complexity index is 606. The van der Waals surface area contributed by atoms with Gasteiger partial charge in [-0.05, 0) is 38.1 Å². The van der Waals surface area contributed by atoms with Crippen molar-refractivity contribution < 1.29 is 29.0 Å². The zero-order chi connectivity index (χ0) is 18.3. The summed E-state index contributed by atoms with van der Waals surface area (Å²) in [5, 5.41) is 22.5. The molecule has 0 aromatic heterocycles. The summed E-state index contributed by atoms with van der Waals surface area (Å²) in [5.74, 6) is -2.71. The van der Waals surface area contributed by atoms with Crippen LogP contribution in [0.4, 0.5) is 10.1 Å². The SMILES string of the molecule is CC(SCC(=O)Nc1ccc(F)cc1)C(=O)NCC(C)(O)C(=O)O. The molecule has 0 heterocycles. The van der Waals surface area contributed by atoms with E-state index in [1.807, 2.05) is 0 Å². The van der Waals surface area contributed by atoms with Gasteiger partial charge in [-0.25, -0.2) is 9.18 Å². The molecule has 0 radical (unpaired) electrons. The average Bonchev–Trinajstić information content (AvgIpc) is 2.52. The number of nitrogens with one attached hydrogen (secondary N) is 2. The Kier molecular flexibility index (Phi) is 7.18. The van der Waals surface area contributed by atoms with Crippen molar-refractivity contribution >= 4 is 35.2 Å². The maximum atomic E-state index is 12.8. The van der Waals surface area contributed by atoms with Gasteiger partial charge >= 0.3 is 5.97 Å². The summed E-state index contributed by atoms with van der Waals surface area (Å²) in [6.45, 7) is 2.19. The third kappa shape index (κ3) is 6.55. The van der Waals surface area contributed by atoms with Gasteiger partial charge in [0.25, 0.3) is 0 Å². The largest absolute Gasteiger partial charge is 0.479 e. The summed E-state index contributed by atoms with van der Waals surface area (Å²) in [5.41, 5.74) is -1.61. The number of rotatable bonds is 8. The number of amides is 2. The van der Waals surface area contributed by atoms with E-state index in [-0.39, 0.29) is 11.7 Å². The number of anilines is 1. The summed E-state index contributed by atoms with van der Waals surface area (Å²) >= 11 is 1.05. The summed E-state index contributed by atoms with van der Waals surface area (Å²) in [4.78, 5) is 34.3. The molecule has 0 saturated heterocycles. The first-order valence-corrected chi connectivity index (χ1v) is 8.07. The average molecular weight is 358 g/mol. The quantitative estimate of drug-likeness (QED) is 0.547. The molecular weight excluding hydrogens is 339 g/mol. The lowest BCUT2D eigenvalue weighted by Crippen LogP contribution is -2.48. The Hall–Kier alpha value is -2.13. The molecule has 24 heavy (non-hydrogen) atoms. The van der Waals surface area contributed by atoms with Gasteiger partial charge < -0.3 is 20.8 Å². The minimum absolute atomic E-state index is 0.0126. The molecule has 0 aliphatic heterocycles. The summed E-state index contributed by atoms with van der Waals surface area (Å²) < 4.78 is 12.8. The highest BCUT2D eigenvalue weighted by Crippen LogP contribution is 2.13. The number of carboxylic acid groups (broad SMARTS) is 1. The van der Waals surface area contributed by atoms with Crippen molar-refractivity contribution in [1.82, 2.24) is 5.32 Å². The van der Waals surface area contributed by atoms with Gasteiger partial charge in [-0.15, -0.1) is 11.8 Å². The monoisotopic (exact) mass is 358 g/mol. The van der Waals surface area contributed by atoms with Crippen LogP contribution in [0.2, 0.25) is 0 Å². The molecule has 0 spiro atoms. The van der Waals surface area contributed by atoms with E-state index in [2.05, 4.69) is 10.6 Å². The minimum Gasteiger partial charge on any atom is -0.479 e. The van der Waals surface area contributed by atoms with Crippen LogP contribution in [0, 0.1) is 5.82 Å². The Morgan fingerprint density at radius 2 is 1.88 bits per heavy atom. The smallest absolute Gasteiger partial charge is 0.337 e. The molecule has 9 heteroatoms. The molecule has 0 aliphatic rings. The molecule has 7 nitrogen and oxygen atoms in total. The van der Waals surface area contributed by atoms with Gasteiger partial charge in [-0.3, -0.25) is 9.59 Å². The number of halogens is 1. The first-order chi connectivity index (χ1) is 11.1. The van der Waals surface area contributed by atoms with E-state index in [1.54, 1.807) is 6.92 Å². The third-order valence-electron chi connectivity index (χ3n) is 3.03. The molecule has 1 rings (SSSR count). The fourth-order valence-electron chi connectivity index (χ4n) is 1.49. The molecule has 0 fully saturated rings. The number of carbonyl (C=O) groups excluding carboxylic acids is 2. The van der Waals surface area contributed by atoms with Crippen LogP contribution >= 0.6 is 11.8 Å². The van der Waals surface area contributed by atoms with E-state index in [9.17, 15) is 23.9 Å². The van der Waals surface area contributed by atoms with Crippen molar-refractivity contribution in [3.8, 4) is 0 Å². The number of carbonyl (C=O) groups is 3. The lowest BCUT2D eigenvalue weighted by Gasteiger charge is -2.19. The van der Waals surface area contributed by atoms with Crippen molar-refractivity contribution in [2.24, 2.45) is 0 Å². The molecular formula is C15H19FN2O5S. The molecule has 2 unspecified atom stereocenters. The van der Waals surface area contributed by atoms with Crippen LogP contribution in [0.3, 0.4) is 0 Å². The first-order valence-electron chi connectivity index (χ1n) is 7.02. The van der Waals surface area contributed by atoms with Crippen LogP contribution in [-0.4, -0.2) is 51.1 Å². The predicted molar refractivity (Wildman–Crippen MR) is 88.2 cm³/mol. The van der Waals surface area contributed by atoms with Gasteiger partial charge in [0.1, 0.15) is 5.82 Å². The normalized spacial score (nSPS) is 14.3. The lowest BCUT2D eigenvalue weighted by atomic mass is 10.1. The zero-order valence-electron chi connectivity index (χ0n) is 13.2. The number of aliphatic hydroxyl groups is 1. The van der Waals surface area contributed by atoms with E-state index in [1.165, 1.54) is 24.3 Å². The number of benzene rings is 1. The maximum Gasteiger partial charge on any atom is 0.337 e. The zero-order valence-corrected chi connectivity index (χ0v) is 14.0. The molecule has 1 aromatic rings. The Labute approximate surface area is 142 Å². The van der Waals surface area contributed by atoms with Crippen LogP contribution in [0.15, 0.2) is 24.3 Å². The Morgan fingerprint density at radius 1 is 1.29 bits per heavy atom.